The van der Waals surface area contributed by atoms with E-state index in [1.807, 2.05) is 0 Å². The zero-order valence-corrected chi connectivity index (χ0v) is 23.7. The van der Waals surface area contributed by atoms with E-state index in [4.69, 9.17) is 10.5 Å². The number of nitro groups is 1. The molecule has 3 heterocycles. The Hall–Kier alpha value is -2.74. The molecule has 0 saturated carbocycles. The van der Waals surface area contributed by atoms with Gasteiger partial charge in [-0.1, -0.05) is 12.1 Å². The molecule has 21 nitrogen and oxygen atoms in total. The first-order chi connectivity index (χ1) is 19.5. The first-order valence-corrected chi connectivity index (χ1v) is 15.9. The number of fused-ring (bicyclic) bond motifs is 1. The van der Waals surface area contributed by atoms with Crippen LogP contribution >= 0.6 is 23.5 Å². The largest absolute Gasteiger partial charge is 0.490 e. The number of nitrogens with two attached hydrogens (primary N) is 1. The number of nitrogens with zero attached hydrogens (tertiary/aromatic N) is 5. The molecule has 2 aromatic heterocycles. The van der Waals surface area contributed by atoms with Crippen LogP contribution in [0.5, 0.6) is 0 Å². The number of aromatic nitrogens is 4. The quantitative estimate of drug-likeness (QED) is 0.0901. The number of hydrogen-bond acceptors (Lipinski definition) is 16. The average Bonchev–Trinajstić information content (AvgIpc) is 3.42. The number of ether oxygens (including phenoxy) is 1. The molecule has 8 unspecified atom stereocenters. The number of nitro benzene ring substituents is 1. The summed E-state index contributed by atoms with van der Waals surface area (Å²) in [5.74, 6) is 0.0225. The van der Waals surface area contributed by atoms with Crippen molar-refractivity contribution in [1.29, 1.82) is 0 Å². The monoisotopic (exact) mass is 656 g/mol. The SMILES string of the molecule is CC(OP(=O)(O)OP(=O)(O)OP(=O)(O)OCC1OC(n2cnc3c(N)ncnc32)C(O)C1O)c1ccccc1[N+](=O)[O-]. The molecule has 0 aliphatic carbocycles. The van der Waals surface area contributed by atoms with E-state index < -0.39 is 71.3 Å². The Morgan fingerprint density at radius 3 is 2.43 bits per heavy atom. The predicted molar refractivity (Wildman–Crippen MR) is 136 cm³/mol. The van der Waals surface area contributed by atoms with Gasteiger partial charge in [-0.3, -0.25) is 23.7 Å². The van der Waals surface area contributed by atoms with Crippen molar-refractivity contribution in [3.05, 3.63) is 52.6 Å². The lowest BCUT2D eigenvalue weighted by atomic mass is 10.1. The number of aliphatic hydroxyl groups is 2. The minimum atomic E-state index is -5.89. The van der Waals surface area contributed by atoms with Gasteiger partial charge in [-0.15, -0.1) is 0 Å². The second-order valence-corrected chi connectivity index (χ2v) is 13.1. The van der Waals surface area contributed by atoms with Crippen LogP contribution in [0.15, 0.2) is 36.9 Å². The fraction of sp³-hybridized carbons (Fsp3) is 0.389. The van der Waals surface area contributed by atoms with Crippen molar-refractivity contribution in [2.75, 3.05) is 12.3 Å². The molecule has 24 heteroatoms. The summed E-state index contributed by atoms with van der Waals surface area (Å²) in [6.07, 6.45) is -5.44. The summed E-state index contributed by atoms with van der Waals surface area (Å²) >= 11 is 0. The normalized spacial score (nSPS) is 25.9. The fourth-order valence-electron chi connectivity index (χ4n) is 3.89. The van der Waals surface area contributed by atoms with Crippen LogP contribution in [0.2, 0.25) is 0 Å². The zero-order valence-electron chi connectivity index (χ0n) is 21.0. The third-order valence-electron chi connectivity index (χ3n) is 5.68. The van der Waals surface area contributed by atoms with Gasteiger partial charge < -0.3 is 35.4 Å². The van der Waals surface area contributed by atoms with Crippen LogP contribution in [0.1, 0.15) is 24.8 Å². The predicted octanol–water partition coefficient (Wildman–Crippen LogP) is 1.06. The van der Waals surface area contributed by atoms with Crippen molar-refractivity contribution in [3.8, 4) is 0 Å². The Kier molecular flexibility index (Phi) is 9.27. The molecule has 42 heavy (non-hydrogen) atoms. The maximum atomic E-state index is 12.3. The Balaban J connectivity index is 1.37. The number of aliphatic hydroxyl groups excluding tert-OH is 2. The number of hydrogen-bond donors (Lipinski definition) is 6. The highest BCUT2D eigenvalue weighted by atomic mass is 31.3. The van der Waals surface area contributed by atoms with Crippen molar-refractivity contribution in [2.45, 2.75) is 37.6 Å². The van der Waals surface area contributed by atoms with E-state index >= 15 is 0 Å². The van der Waals surface area contributed by atoms with E-state index in [1.54, 1.807) is 0 Å². The van der Waals surface area contributed by atoms with Crippen LogP contribution in [-0.2, 0) is 36.1 Å². The minimum Gasteiger partial charge on any atom is -0.387 e. The van der Waals surface area contributed by atoms with Crippen molar-refractivity contribution in [1.82, 2.24) is 19.5 Å². The van der Waals surface area contributed by atoms with E-state index in [0.29, 0.717) is 0 Å². The molecule has 0 amide bonds. The molecule has 8 atom stereocenters. The Labute approximate surface area is 234 Å². The van der Waals surface area contributed by atoms with Gasteiger partial charge in [-0.25, -0.2) is 28.6 Å². The van der Waals surface area contributed by atoms with Gasteiger partial charge in [0.1, 0.15) is 30.2 Å². The number of benzene rings is 1. The number of anilines is 1. The molecule has 4 rings (SSSR count). The summed E-state index contributed by atoms with van der Waals surface area (Å²) in [6.45, 7) is 0.0924. The second kappa shape index (κ2) is 12.1. The zero-order chi connectivity index (χ0) is 31.0. The molecule has 0 spiro atoms. The fourth-order valence-corrected chi connectivity index (χ4v) is 7.56. The average molecular weight is 656 g/mol. The smallest absolute Gasteiger partial charge is 0.387 e. The van der Waals surface area contributed by atoms with Crippen LogP contribution in [0.3, 0.4) is 0 Å². The first kappa shape index (κ1) is 32.2. The van der Waals surface area contributed by atoms with Crippen LogP contribution in [0.25, 0.3) is 11.2 Å². The Bertz CT molecular complexity index is 1620. The van der Waals surface area contributed by atoms with Crippen LogP contribution < -0.4 is 5.73 Å². The lowest BCUT2D eigenvalue weighted by Crippen LogP contribution is -2.33. The van der Waals surface area contributed by atoms with Gasteiger partial charge in [0, 0.05) is 6.07 Å². The number of nitrogen functional groups attached to an aromatic ring is 1. The van der Waals surface area contributed by atoms with E-state index in [-0.39, 0.29) is 22.5 Å². The van der Waals surface area contributed by atoms with E-state index in [2.05, 4.69) is 32.6 Å². The Morgan fingerprint density at radius 2 is 1.74 bits per heavy atom. The highest BCUT2D eigenvalue weighted by molar-refractivity contribution is 7.66. The van der Waals surface area contributed by atoms with Crippen molar-refractivity contribution in [3.63, 3.8) is 0 Å². The summed E-state index contributed by atoms with van der Waals surface area (Å²) in [6, 6.07) is 4.94. The van der Waals surface area contributed by atoms with Gasteiger partial charge in [-0.05, 0) is 13.0 Å². The second-order valence-electron chi connectivity index (χ2n) is 8.56. The van der Waals surface area contributed by atoms with E-state index in [9.17, 15) is 48.7 Å². The molecule has 1 aliphatic heterocycles. The van der Waals surface area contributed by atoms with Crippen molar-refractivity contribution >= 4 is 46.1 Å². The summed E-state index contributed by atoms with van der Waals surface area (Å²) in [4.78, 5) is 51.7. The lowest BCUT2D eigenvalue weighted by molar-refractivity contribution is -0.386. The van der Waals surface area contributed by atoms with Crippen molar-refractivity contribution < 1.29 is 65.9 Å². The Morgan fingerprint density at radius 1 is 1.07 bits per heavy atom. The van der Waals surface area contributed by atoms with Gasteiger partial charge in [0.15, 0.2) is 17.7 Å². The minimum absolute atomic E-state index is 0.0225. The molecule has 7 N–H and O–H groups in total. The summed E-state index contributed by atoms with van der Waals surface area (Å²) < 4.78 is 60.8. The maximum Gasteiger partial charge on any atom is 0.490 e. The highest BCUT2D eigenvalue weighted by Gasteiger charge is 2.47. The molecule has 1 fully saturated rings. The topological polar surface area (TPSA) is 311 Å². The van der Waals surface area contributed by atoms with Gasteiger partial charge in [0.2, 0.25) is 0 Å². The summed E-state index contributed by atoms with van der Waals surface area (Å²) in [5.41, 5.74) is 5.32. The third kappa shape index (κ3) is 7.24. The molecule has 1 saturated heterocycles. The molecule has 230 valence electrons. The van der Waals surface area contributed by atoms with Gasteiger partial charge >= 0.3 is 23.5 Å². The van der Waals surface area contributed by atoms with Crippen LogP contribution in [-0.4, -0.2) is 74.3 Å². The lowest BCUT2D eigenvalue weighted by Gasteiger charge is -2.21. The van der Waals surface area contributed by atoms with Gasteiger partial charge in [0.05, 0.1) is 29.5 Å². The van der Waals surface area contributed by atoms with Gasteiger partial charge in [0.25, 0.3) is 5.69 Å². The molecular formula is C18H23N6O15P3. The van der Waals surface area contributed by atoms with E-state index in [1.165, 1.54) is 29.1 Å². The molecule has 1 aliphatic rings. The third-order valence-corrected chi connectivity index (χ3v) is 10.0. The number of rotatable bonds is 12. The first-order valence-electron chi connectivity index (χ1n) is 11.4. The van der Waals surface area contributed by atoms with Crippen molar-refractivity contribution in [2.24, 2.45) is 0 Å². The molecule has 3 aromatic rings. The number of phosphoric acid groups is 3. The number of imidazole rings is 1. The van der Waals surface area contributed by atoms with E-state index in [0.717, 1.165) is 19.3 Å². The maximum absolute atomic E-state index is 12.3. The summed E-state index contributed by atoms with van der Waals surface area (Å²) in [5, 5.41) is 32.0. The molecule has 0 radical (unpaired) electrons. The number of para-hydroxylation sites is 1. The van der Waals surface area contributed by atoms with Gasteiger partial charge in [-0.2, -0.15) is 8.62 Å². The highest BCUT2D eigenvalue weighted by Crippen LogP contribution is 2.68. The molecule has 1 aromatic carbocycles. The molecular weight excluding hydrogens is 633 g/mol. The summed E-state index contributed by atoms with van der Waals surface area (Å²) in [7, 11) is -17.0. The standard InChI is InChI=1S/C18H23N6O15P3/c1-9(10-4-2-3-5-11(10)24(27)28)37-41(31,32)39-42(33,34)38-40(29,30)35-6-12-14(25)15(26)18(36-12)23-8-22-13-16(19)20-7-21-17(13)23/h2-5,7-9,12,14-15,18,25-26H,6H2,1H3,(H,29,30)(H,31,32)(H,33,34)(H2,19,20,21). The number of phosphoric ester groups is 2. The van der Waals surface area contributed by atoms with Crippen LogP contribution in [0.4, 0.5) is 11.5 Å². The molecule has 0 bridgehead atoms. The van der Waals surface area contributed by atoms with Crippen LogP contribution in [0, 0.1) is 10.1 Å².